The van der Waals surface area contributed by atoms with Gasteiger partial charge >= 0.3 is 0 Å². The molecule has 0 radical (unpaired) electrons. The molecule has 0 aliphatic rings. The highest BCUT2D eigenvalue weighted by atomic mass is 16.6. The number of carbonyl (C=O) groups excluding carboxylic acids is 1. The van der Waals surface area contributed by atoms with Crippen LogP contribution in [0, 0.1) is 11.3 Å². The third-order valence-electron chi connectivity index (χ3n) is 4.79. The number of para-hydroxylation sites is 1. The molecule has 3 rings (SSSR count). The van der Waals surface area contributed by atoms with Crippen molar-refractivity contribution in [2.45, 2.75) is 18.9 Å². The van der Waals surface area contributed by atoms with E-state index in [0.717, 1.165) is 0 Å². The molecule has 156 valence electrons. The first-order chi connectivity index (χ1) is 15.2. The lowest BCUT2D eigenvalue weighted by Crippen LogP contribution is -2.49. The average Bonchev–Trinajstić information content (AvgIpc) is 2.81. The zero-order valence-corrected chi connectivity index (χ0v) is 17.2. The largest absolute Gasteiger partial charge is 0.480 e. The Labute approximate surface area is 181 Å². The van der Waals surface area contributed by atoms with Crippen LogP contribution in [0.25, 0.3) is 0 Å². The summed E-state index contributed by atoms with van der Waals surface area (Å²) in [6.07, 6.45) is 3.52. The molecule has 2 atom stereocenters. The Kier molecular flexibility index (Phi) is 7.39. The van der Waals surface area contributed by atoms with E-state index in [1.54, 1.807) is 36.0 Å². The Morgan fingerprint density at radius 2 is 1.61 bits per heavy atom. The van der Waals surface area contributed by atoms with Crippen LogP contribution in [0.2, 0.25) is 0 Å². The van der Waals surface area contributed by atoms with E-state index in [9.17, 15) is 15.2 Å². The molecule has 0 saturated heterocycles. The van der Waals surface area contributed by atoms with Crippen LogP contribution >= 0.6 is 0 Å². The number of nitrogens with zero attached hydrogens (tertiary/aromatic N) is 2. The fourth-order valence-electron chi connectivity index (χ4n) is 3.43. The van der Waals surface area contributed by atoms with Crippen LogP contribution < -0.4 is 9.88 Å². The maximum Gasteiger partial charge on any atom is 0.294 e. The maximum atomic E-state index is 13.5. The number of amides is 1. The Morgan fingerprint density at radius 1 is 1.03 bits per heavy atom. The molecule has 0 saturated carbocycles. The van der Waals surface area contributed by atoms with Crippen molar-refractivity contribution in [1.82, 2.24) is 0 Å². The highest BCUT2D eigenvalue weighted by Gasteiger charge is 2.42. The number of nitriles is 1. The first-order valence-electron chi connectivity index (χ1n) is 9.98. The van der Waals surface area contributed by atoms with Gasteiger partial charge in [0.2, 0.25) is 6.04 Å². The van der Waals surface area contributed by atoms with Gasteiger partial charge in [0, 0.05) is 17.8 Å². The van der Waals surface area contributed by atoms with Crippen molar-refractivity contribution in [3.8, 4) is 6.07 Å². The monoisotopic (exact) mass is 414 g/mol. The van der Waals surface area contributed by atoms with Crippen molar-refractivity contribution >= 4 is 11.6 Å². The van der Waals surface area contributed by atoms with Crippen LogP contribution in [0.1, 0.15) is 24.4 Å². The Bertz CT molecular complexity index is 1060. The van der Waals surface area contributed by atoms with Gasteiger partial charge in [-0.25, -0.2) is 0 Å². The first-order valence-corrected chi connectivity index (χ1v) is 9.98. The minimum absolute atomic E-state index is 0.0161. The standard InChI is InChI=1S/C25H23N3O3/c1-2-31-25(30)21(18-26)22(19-12-6-3-7-13-19)23(28-16-10-5-11-17-28)24(29)27-20-14-8-4-9-15-20/h3-17,22-23H,2H2,1H3,(H-,27,29,30)/p+1. The first kappa shape index (κ1) is 21.6. The third kappa shape index (κ3) is 5.28. The fraction of sp³-hybridized carbons (Fsp3) is 0.160. The van der Waals surface area contributed by atoms with Gasteiger partial charge in [-0.3, -0.25) is 4.79 Å². The molecule has 0 spiro atoms. The highest BCUT2D eigenvalue weighted by Crippen LogP contribution is 2.34. The summed E-state index contributed by atoms with van der Waals surface area (Å²) in [5, 5.41) is 23.4. The molecule has 1 heterocycles. The van der Waals surface area contributed by atoms with Crippen molar-refractivity contribution in [3.05, 3.63) is 108 Å². The quantitative estimate of drug-likeness (QED) is 0.327. The van der Waals surface area contributed by atoms with E-state index in [-0.39, 0.29) is 18.1 Å². The number of anilines is 1. The number of allylic oxidation sites excluding steroid dienone is 1. The minimum Gasteiger partial charge on any atom is -0.480 e. The van der Waals surface area contributed by atoms with Crippen LogP contribution in [0.4, 0.5) is 5.69 Å². The molecule has 1 aromatic heterocycles. The lowest BCUT2D eigenvalue weighted by molar-refractivity contribution is -0.710. The second kappa shape index (κ2) is 10.6. The molecular weight excluding hydrogens is 390 g/mol. The zero-order valence-electron chi connectivity index (χ0n) is 17.2. The third-order valence-corrected chi connectivity index (χ3v) is 4.79. The van der Waals surface area contributed by atoms with Gasteiger partial charge in [0.05, 0.1) is 12.5 Å². The fourth-order valence-corrected chi connectivity index (χ4v) is 3.43. The molecular formula is C25H24N3O3+. The van der Waals surface area contributed by atoms with Gasteiger partial charge in [-0.2, -0.15) is 9.83 Å². The van der Waals surface area contributed by atoms with Crippen LogP contribution in [-0.2, 0) is 9.53 Å². The predicted octanol–water partition coefficient (Wildman–Crippen LogP) is 4.27. The number of nitrogens with one attached hydrogen (secondary N) is 1. The van der Waals surface area contributed by atoms with E-state index in [1.165, 1.54) is 0 Å². The van der Waals surface area contributed by atoms with E-state index in [4.69, 9.17) is 4.74 Å². The summed E-state index contributed by atoms with van der Waals surface area (Å²) in [6.45, 7) is 1.91. The van der Waals surface area contributed by atoms with E-state index >= 15 is 0 Å². The molecule has 6 nitrogen and oxygen atoms in total. The second-order valence-electron chi connectivity index (χ2n) is 6.77. The van der Waals surface area contributed by atoms with Gasteiger partial charge in [-0.1, -0.05) is 54.6 Å². The topological polar surface area (TPSA) is 86.2 Å². The summed E-state index contributed by atoms with van der Waals surface area (Å²) < 4.78 is 6.98. The van der Waals surface area contributed by atoms with Gasteiger partial charge in [0.1, 0.15) is 11.6 Å². The number of aliphatic hydroxyl groups is 1. The summed E-state index contributed by atoms with van der Waals surface area (Å²) in [7, 11) is 0. The molecule has 0 aliphatic heterocycles. The van der Waals surface area contributed by atoms with Crippen molar-refractivity contribution in [1.29, 1.82) is 5.26 Å². The number of hydrogen-bond donors (Lipinski definition) is 2. The number of aliphatic hydroxyl groups excluding tert-OH is 1. The number of carbonyl (C=O) groups is 1. The number of aromatic nitrogens is 1. The summed E-state index contributed by atoms with van der Waals surface area (Å²) in [5.74, 6) is -1.59. The predicted molar refractivity (Wildman–Crippen MR) is 117 cm³/mol. The molecule has 6 heteroatoms. The molecule has 0 aliphatic carbocycles. The smallest absolute Gasteiger partial charge is 0.294 e. The van der Waals surface area contributed by atoms with Crippen molar-refractivity contribution < 1.29 is 19.2 Å². The van der Waals surface area contributed by atoms with Crippen LogP contribution in [0.3, 0.4) is 0 Å². The Hall–Kier alpha value is -4.11. The molecule has 3 aromatic rings. The van der Waals surface area contributed by atoms with Crippen LogP contribution in [0.5, 0.6) is 0 Å². The van der Waals surface area contributed by atoms with Crippen LogP contribution in [0.15, 0.2) is 103 Å². The molecule has 2 unspecified atom stereocenters. The molecule has 2 N–H and O–H groups in total. The lowest BCUT2D eigenvalue weighted by atomic mass is 9.84. The highest BCUT2D eigenvalue weighted by molar-refractivity contribution is 5.93. The van der Waals surface area contributed by atoms with E-state index in [1.807, 2.05) is 66.7 Å². The van der Waals surface area contributed by atoms with Gasteiger partial charge in [-0.05, 0) is 24.6 Å². The second-order valence-corrected chi connectivity index (χ2v) is 6.77. The van der Waals surface area contributed by atoms with Gasteiger partial charge in [0.15, 0.2) is 12.4 Å². The van der Waals surface area contributed by atoms with Crippen molar-refractivity contribution in [2.24, 2.45) is 0 Å². The van der Waals surface area contributed by atoms with Gasteiger partial charge < -0.3 is 15.2 Å². The number of benzene rings is 2. The van der Waals surface area contributed by atoms with E-state index in [0.29, 0.717) is 11.3 Å². The van der Waals surface area contributed by atoms with Gasteiger partial charge in [-0.15, -0.1) is 0 Å². The van der Waals surface area contributed by atoms with Crippen molar-refractivity contribution in [2.75, 3.05) is 11.9 Å². The lowest BCUT2D eigenvalue weighted by Gasteiger charge is -2.23. The summed E-state index contributed by atoms with van der Waals surface area (Å²) in [5.41, 5.74) is 1.32. The number of ether oxygens (including phenoxy) is 1. The molecule has 0 bridgehead atoms. The normalized spacial score (nSPS) is 13.3. The summed E-state index contributed by atoms with van der Waals surface area (Å²) in [4.78, 5) is 13.5. The zero-order chi connectivity index (χ0) is 22.1. The van der Waals surface area contributed by atoms with E-state index < -0.39 is 17.9 Å². The van der Waals surface area contributed by atoms with E-state index in [2.05, 4.69) is 11.4 Å². The number of pyridine rings is 1. The Morgan fingerprint density at radius 3 is 2.19 bits per heavy atom. The molecule has 31 heavy (non-hydrogen) atoms. The number of hydrogen-bond acceptors (Lipinski definition) is 4. The van der Waals surface area contributed by atoms with Gasteiger partial charge in [0.25, 0.3) is 11.9 Å². The summed E-state index contributed by atoms with van der Waals surface area (Å²) >= 11 is 0. The number of rotatable bonds is 8. The minimum atomic E-state index is -0.860. The summed E-state index contributed by atoms with van der Waals surface area (Å²) in [6, 6.07) is 24.9. The molecule has 1 amide bonds. The average molecular weight is 414 g/mol. The van der Waals surface area contributed by atoms with Crippen LogP contribution in [-0.4, -0.2) is 17.6 Å². The molecule has 0 fully saturated rings. The maximum absolute atomic E-state index is 13.5. The molecule has 2 aromatic carbocycles. The SMILES string of the molecule is CCOC(O)=C(C#N)C(c1ccccc1)C(C(=O)Nc1ccccc1)[n+]1ccccc1. The Balaban J connectivity index is 2.17. The van der Waals surface area contributed by atoms with Crippen molar-refractivity contribution in [3.63, 3.8) is 0 Å².